The van der Waals surface area contributed by atoms with Crippen LogP contribution in [0.5, 0.6) is 0 Å². The average Bonchev–Trinajstić information content (AvgIpc) is 2.37. The zero-order chi connectivity index (χ0) is 13.0. The van der Waals surface area contributed by atoms with Crippen LogP contribution in [0.15, 0.2) is 58.7 Å². The summed E-state index contributed by atoms with van der Waals surface area (Å²) in [5, 5.41) is 0. The van der Waals surface area contributed by atoms with Crippen LogP contribution in [0.4, 0.5) is 5.69 Å². The van der Waals surface area contributed by atoms with Crippen LogP contribution >= 0.6 is 0 Å². The standard InChI is InChI=1S/C13H12N2O2S/c1-18(16,17)13-6-4-12(5-7-13)15-10-11-3-2-8-14-9-11/h2-10H,1H3. The molecule has 0 aliphatic carbocycles. The van der Waals surface area contributed by atoms with Crippen molar-refractivity contribution in [2.75, 3.05) is 6.26 Å². The summed E-state index contributed by atoms with van der Waals surface area (Å²) < 4.78 is 22.6. The van der Waals surface area contributed by atoms with Gasteiger partial charge in [0, 0.05) is 30.4 Å². The first-order valence-electron chi connectivity index (χ1n) is 5.30. The first-order chi connectivity index (χ1) is 8.55. The van der Waals surface area contributed by atoms with E-state index in [9.17, 15) is 8.42 Å². The Morgan fingerprint density at radius 1 is 1.17 bits per heavy atom. The van der Waals surface area contributed by atoms with E-state index in [0.717, 1.165) is 5.56 Å². The molecular formula is C13H12N2O2S. The van der Waals surface area contributed by atoms with Gasteiger partial charge in [0.15, 0.2) is 9.84 Å². The van der Waals surface area contributed by atoms with Crippen LogP contribution < -0.4 is 0 Å². The van der Waals surface area contributed by atoms with Gasteiger partial charge in [-0.1, -0.05) is 6.07 Å². The molecule has 0 N–H and O–H groups in total. The molecule has 0 bridgehead atoms. The van der Waals surface area contributed by atoms with E-state index in [1.165, 1.54) is 6.26 Å². The third-order valence-corrected chi connectivity index (χ3v) is 3.44. The van der Waals surface area contributed by atoms with Crippen LogP contribution in [-0.4, -0.2) is 25.9 Å². The lowest BCUT2D eigenvalue weighted by molar-refractivity contribution is 0.602. The number of hydrogen-bond donors (Lipinski definition) is 0. The largest absolute Gasteiger partial charge is 0.264 e. The Morgan fingerprint density at radius 2 is 1.89 bits per heavy atom. The van der Waals surface area contributed by atoms with Gasteiger partial charge in [-0.05, 0) is 30.3 Å². The minimum Gasteiger partial charge on any atom is -0.264 e. The van der Waals surface area contributed by atoms with Crippen molar-refractivity contribution in [3.05, 3.63) is 54.4 Å². The van der Waals surface area contributed by atoms with Crippen molar-refractivity contribution < 1.29 is 8.42 Å². The molecule has 2 rings (SSSR count). The van der Waals surface area contributed by atoms with Crippen molar-refractivity contribution in [1.29, 1.82) is 0 Å². The molecule has 0 fully saturated rings. The highest BCUT2D eigenvalue weighted by Gasteiger charge is 2.05. The molecule has 0 saturated carbocycles. The Balaban J connectivity index is 2.19. The van der Waals surface area contributed by atoms with Gasteiger partial charge in [-0.3, -0.25) is 9.98 Å². The number of benzene rings is 1. The number of rotatable bonds is 3. The summed E-state index contributed by atoms with van der Waals surface area (Å²) in [6, 6.07) is 10.2. The normalized spacial score (nSPS) is 11.8. The Hall–Kier alpha value is -2.01. The maximum atomic E-state index is 11.3. The molecular weight excluding hydrogens is 248 g/mol. The van der Waals surface area contributed by atoms with Crippen LogP contribution in [-0.2, 0) is 9.84 Å². The van der Waals surface area contributed by atoms with Gasteiger partial charge in [0.05, 0.1) is 10.6 Å². The number of nitrogens with zero attached hydrogens (tertiary/aromatic N) is 2. The molecule has 0 radical (unpaired) electrons. The molecule has 0 unspecified atom stereocenters. The van der Waals surface area contributed by atoms with Crippen LogP contribution in [0, 0.1) is 0 Å². The summed E-state index contributed by atoms with van der Waals surface area (Å²) >= 11 is 0. The molecule has 0 aliphatic heterocycles. The van der Waals surface area contributed by atoms with Crippen molar-refractivity contribution in [2.24, 2.45) is 4.99 Å². The second-order valence-corrected chi connectivity index (χ2v) is 5.83. The third-order valence-electron chi connectivity index (χ3n) is 2.31. The van der Waals surface area contributed by atoms with E-state index in [1.807, 2.05) is 12.1 Å². The number of hydrogen-bond acceptors (Lipinski definition) is 4. The highest BCUT2D eigenvalue weighted by Crippen LogP contribution is 2.16. The zero-order valence-corrected chi connectivity index (χ0v) is 10.6. The van der Waals surface area contributed by atoms with Gasteiger partial charge in [-0.15, -0.1) is 0 Å². The minimum absolute atomic E-state index is 0.294. The van der Waals surface area contributed by atoms with E-state index in [1.54, 1.807) is 42.9 Å². The van der Waals surface area contributed by atoms with Crippen molar-refractivity contribution in [3.63, 3.8) is 0 Å². The predicted octanol–water partition coefficient (Wildman–Crippen LogP) is 2.24. The van der Waals surface area contributed by atoms with E-state index in [2.05, 4.69) is 9.98 Å². The van der Waals surface area contributed by atoms with E-state index < -0.39 is 9.84 Å². The Labute approximate surface area is 106 Å². The maximum Gasteiger partial charge on any atom is 0.175 e. The minimum atomic E-state index is -3.15. The van der Waals surface area contributed by atoms with Crippen LogP contribution in [0.1, 0.15) is 5.56 Å². The molecule has 0 atom stereocenters. The van der Waals surface area contributed by atoms with Gasteiger partial charge in [0.1, 0.15) is 0 Å². The average molecular weight is 260 g/mol. The Bertz CT molecular complexity index is 647. The van der Waals surface area contributed by atoms with Gasteiger partial charge < -0.3 is 0 Å². The summed E-state index contributed by atoms with van der Waals surface area (Å²) in [7, 11) is -3.15. The first-order valence-corrected chi connectivity index (χ1v) is 7.19. The second kappa shape index (κ2) is 5.10. The summed E-state index contributed by atoms with van der Waals surface area (Å²) in [6.45, 7) is 0. The molecule has 1 aromatic carbocycles. The predicted molar refractivity (Wildman–Crippen MR) is 71.0 cm³/mol. The first kappa shape index (κ1) is 12.4. The fourth-order valence-electron chi connectivity index (χ4n) is 1.38. The van der Waals surface area contributed by atoms with Crippen molar-refractivity contribution in [3.8, 4) is 0 Å². The zero-order valence-electron chi connectivity index (χ0n) is 9.82. The van der Waals surface area contributed by atoms with Gasteiger partial charge in [0.2, 0.25) is 0 Å². The molecule has 0 aliphatic rings. The molecule has 4 nitrogen and oxygen atoms in total. The smallest absolute Gasteiger partial charge is 0.175 e. The second-order valence-electron chi connectivity index (χ2n) is 3.81. The molecule has 92 valence electrons. The summed E-state index contributed by atoms with van der Waals surface area (Å²) in [6.07, 6.45) is 6.26. The van der Waals surface area contributed by atoms with Gasteiger partial charge in [-0.2, -0.15) is 0 Å². The van der Waals surface area contributed by atoms with Crippen LogP contribution in [0.25, 0.3) is 0 Å². The summed E-state index contributed by atoms with van der Waals surface area (Å²) in [5.74, 6) is 0. The lowest BCUT2D eigenvalue weighted by Crippen LogP contribution is -1.95. The quantitative estimate of drug-likeness (QED) is 0.795. The van der Waals surface area contributed by atoms with Crippen molar-refractivity contribution >= 4 is 21.7 Å². The van der Waals surface area contributed by atoms with E-state index in [0.29, 0.717) is 10.6 Å². The lowest BCUT2D eigenvalue weighted by Gasteiger charge is -1.98. The van der Waals surface area contributed by atoms with E-state index >= 15 is 0 Å². The maximum absolute atomic E-state index is 11.3. The van der Waals surface area contributed by atoms with Gasteiger partial charge >= 0.3 is 0 Å². The third kappa shape index (κ3) is 3.24. The highest BCUT2D eigenvalue weighted by atomic mass is 32.2. The Kier molecular flexibility index (Phi) is 3.53. The number of aliphatic imine (C=N–C) groups is 1. The SMILES string of the molecule is CS(=O)(=O)c1ccc(N=Cc2cccnc2)cc1. The number of sulfone groups is 1. The fraction of sp³-hybridized carbons (Fsp3) is 0.0769. The van der Waals surface area contributed by atoms with Crippen LogP contribution in [0.2, 0.25) is 0 Å². The fourth-order valence-corrected chi connectivity index (χ4v) is 2.01. The molecule has 2 aromatic rings. The number of aromatic nitrogens is 1. The van der Waals surface area contributed by atoms with E-state index in [4.69, 9.17) is 0 Å². The molecule has 1 aromatic heterocycles. The van der Waals surface area contributed by atoms with Crippen LogP contribution in [0.3, 0.4) is 0 Å². The molecule has 5 heteroatoms. The van der Waals surface area contributed by atoms with Gasteiger partial charge in [0.25, 0.3) is 0 Å². The molecule has 0 saturated heterocycles. The lowest BCUT2D eigenvalue weighted by atomic mass is 10.3. The summed E-state index contributed by atoms with van der Waals surface area (Å²) in [4.78, 5) is 8.51. The van der Waals surface area contributed by atoms with E-state index in [-0.39, 0.29) is 0 Å². The van der Waals surface area contributed by atoms with Gasteiger partial charge in [-0.25, -0.2) is 8.42 Å². The topological polar surface area (TPSA) is 59.4 Å². The molecule has 0 spiro atoms. The molecule has 0 amide bonds. The molecule has 1 heterocycles. The highest BCUT2D eigenvalue weighted by molar-refractivity contribution is 7.90. The number of pyridine rings is 1. The monoisotopic (exact) mass is 260 g/mol. The molecule has 18 heavy (non-hydrogen) atoms. The van der Waals surface area contributed by atoms with Crippen molar-refractivity contribution in [2.45, 2.75) is 4.90 Å². The summed E-state index contributed by atoms with van der Waals surface area (Å²) in [5.41, 5.74) is 1.59. The van der Waals surface area contributed by atoms with Crippen molar-refractivity contribution in [1.82, 2.24) is 4.98 Å². The Morgan fingerprint density at radius 3 is 2.44 bits per heavy atom.